The topological polar surface area (TPSA) is 111 Å². The molecule has 0 spiro atoms. The zero-order chi connectivity index (χ0) is 59.8. The highest BCUT2D eigenvalue weighted by molar-refractivity contribution is 7.45. The van der Waals surface area contributed by atoms with Crippen LogP contribution >= 0.6 is 7.82 Å². The van der Waals surface area contributed by atoms with Crippen LogP contribution in [0.1, 0.15) is 284 Å². The number of allylic oxidation sites excluding steroid dienone is 18. The number of likely N-dealkylation sites (N-methyl/N-ethyl adjacent to an activating group) is 1. The molecule has 9 nitrogen and oxygen atoms in total. The smallest absolute Gasteiger partial charge is 0.306 e. The van der Waals surface area contributed by atoms with Crippen molar-refractivity contribution < 1.29 is 42.1 Å². The van der Waals surface area contributed by atoms with Gasteiger partial charge in [0.05, 0.1) is 27.7 Å². The van der Waals surface area contributed by atoms with Gasteiger partial charge in [-0.15, -0.1) is 0 Å². The number of esters is 2. The van der Waals surface area contributed by atoms with Crippen molar-refractivity contribution in [3.8, 4) is 0 Å². The van der Waals surface area contributed by atoms with Gasteiger partial charge < -0.3 is 27.9 Å². The third-order valence-electron chi connectivity index (χ3n) is 14.3. The Morgan fingerprint density at radius 2 is 0.695 bits per heavy atom. The average molecular weight is 1160 g/mol. The average Bonchev–Trinajstić information content (AvgIpc) is 3.45. The molecule has 0 aliphatic carbocycles. The van der Waals surface area contributed by atoms with Gasteiger partial charge in [0.15, 0.2) is 6.10 Å². The first-order valence-electron chi connectivity index (χ1n) is 33.6. The molecule has 0 N–H and O–H groups in total. The number of ether oxygens (including phenoxy) is 2. The number of nitrogens with zero attached hydrogens (tertiary/aromatic N) is 1. The first kappa shape index (κ1) is 78.7. The van der Waals surface area contributed by atoms with Crippen molar-refractivity contribution >= 4 is 19.8 Å². The fourth-order valence-electron chi connectivity index (χ4n) is 9.14. The van der Waals surface area contributed by atoms with Crippen molar-refractivity contribution in [1.29, 1.82) is 0 Å². The molecule has 0 aliphatic rings. The van der Waals surface area contributed by atoms with E-state index in [-0.39, 0.29) is 32.0 Å². The number of unbranched alkanes of at least 4 members (excludes halogenated alkanes) is 29. The molecule has 82 heavy (non-hydrogen) atoms. The highest BCUT2D eigenvalue weighted by Crippen LogP contribution is 2.38. The van der Waals surface area contributed by atoms with Gasteiger partial charge in [-0.1, -0.05) is 277 Å². The molecule has 0 bridgehead atoms. The minimum Gasteiger partial charge on any atom is -0.756 e. The fourth-order valence-corrected chi connectivity index (χ4v) is 9.87. The first-order chi connectivity index (χ1) is 40.0. The lowest BCUT2D eigenvalue weighted by molar-refractivity contribution is -0.870. The van der Waals surface area contributed by atoms with Gasteiger partial charge in [-0.25, -0.2) is 0 Å². The van der Waals surface area contributed by atoms with Gasteiger partial charge in [0.2, 0.25) is 0 Å². The number of carbonyl (C=O) groups is 2. The third kappa shape index (κ3) is 65.8. The van der Waals surface area contributed by atoms with Gasteiger partial charge in [-0.3, -0.25) is 14.2 Å². The maximum atomic E-state index is 12.9. The summed E-state index contributed by atoms with van der Waals surface area (Å²) in [6, 6.07) is 0. The molecule has 10 heteroatoms. The van der Waals surface area contributed by atoms with E-state index in [0.717, 1.165) is 96.3 Å². The molecule has 0 radical (unpaired) electrons. The van der Waals surface area contributed by atoms with Crippen molar-refractivity contribution in [3.05, 3.63) is 109 Å². The van der Waals surface area contributed by atoms with E-state index in [2.05, 4.69) is 123 Å². The number of rotatable bonds is 61. The largest absolute Gasteiger partial charge is 0.756 e. The Balaban J connectivity index is 4.11. The highest BCUT2D eigenvalue weighted by Gasteiger charge is 2.22. The molecule has 0 amide bonds. The van der Waals surface area contributed by atoms with Crippen LogP contribution in [0.3, 0.4) is 0 Å². The Morgan fingerprint density at radius 1 is 0.390 bits per heavy atom. The van der Waals surface area contributed by atoms with Gasteiger partial charge >= 0.3 is 11.9 Å². The minimum atomic E-state index is -4.65. The summed E-state index contributed by atoms with van der Waals surface area (Å²) in [5.41, 5.74) is 0. The maximum absolute atomic E-state index is 12.9. The summed E-state index contributed by atoms with van der Waals surface area (Å²) in [4.78, 5) is 38.0. The van der Waals surface area contributed by atoms with Crippen molar-refractivity contribution in [2.75, 3.05) is 47.5 Å². The van der Waals surface area contributed by atoms with Gasteiger partial charge in [-0.05, 0) is 103 Å². The van der Waals surface area contributed by atoms with Crippen LogP contribution in [0, 0.1) is 0 Å². The van der Waals surface area contributed by atoms with Crippen molar-refractivity contribution in [2.24, 2.45) is 0 Å². The quantitative estimate of drug-likeness (QED) is 0.0195. The number of hydrogen-bond donors (Lipinski definition) is 0. The van der Waals surface area contributed by atoms with E-state index in [0.29, 0.717) is 17.4 Å². The van der Waals surface area contributed by atoms with Gasteiger partial charge in [0, 0.05) is 12.8 Å². The molecule has 0 heterocycles. The molecule has 0 rings (SSSR count). The normalized spacial score (nSPS) is 13.9. The van der Waals surface area contributed by atoms with Crippen LogP contribution in [0.2, 0.25) is 0 Å². The zero-order valence-corrected chi connectivity index (χ0v) is 54.6. The second-order valence-corrected chi connectivity index (χ2v) is 24.9. The zero-order valence-electron chi connectivity index (χ0n) is 53.7. The lowest BCUT2D eigenvalue weighted by atomic mass is 10.0. The molecule has 0 aromatic carbocycles. The van der Waals surface area contributed by atoms with Gasteiger partial charge in [0.1, 0.15) is 19.8 Å². The lowest BCUT2D eigenvalue weighted by Gasteiger charge is -2.28. The standard InChI is InChI=1S/C72H126NO8P/c1-6-8-10-12-14-16-18-20-22-24-26-28-30-31-32-33-34-35-36-37-38-39-40-41-43-45-47-49-51-53-55-57-59-61-63-65-72(75)81-70(69-80-82(76,77)79-67-66-73(3,4)5)68-78-71(74)64-62-60-58-56-54-52-50-48-46-44-42-29-27-25-23-21-19-17-15-13-11-9-7-2/h8,10,14,16,20,22,25-28,31-32,34-35,37-38,40-41,70H,6-7,9,11-13,15,17-19,21,23-24,29-30,33,36,39,42-69H2,1-5H3/b10-8-,16-14-,22-20-,27-25-,28-26-,32-31-,35-34-,38-37-,41-40-. The SMILES string of the molecule is CC/C=C\C/C=C\C/C=C\C/C=C\C/C=C\C/C=C\C/C=C\C/C=C\CCCCCCCCCCCCC(=O)OC(COC(=O)CCCCCCCCCCCCC/C=C\CCCCCCCCCC)COP(=O)([O-])OCC[N+](C)(C)C. The Hall–Kier alpha value is -3.33. The number of phosphoric ester groups is 1. The Kier molecular flexibility index (Phi) is 59.7. The molecule has 0 aliphatic heterocycles. The van der Waals surface area contributed by atoms with Gasteiger partial charge in [-0.2, -0.15) is 0 Å². The van der Waals surface area contributed by atoms with E-state index >= 15 is 0 Å². The molecular formula is C72H126NO8P. The number of quaternary nitrogens is 1. The van der Waals surface area contributed by atoms with E-state index in [1.165, 1.54) is 154 Å². The highest BCUT2D eigenvalue weighted by atomic mass is 31.2. The van der Waals surface area contributed by atoms with E-state index < -0.39 is 26.5 Å². The lowest BCUT2D eigenvalue weighted by Crippen LogP contribution is -2.37. The summed E-state index contributed by atoms with van der Waals surface area (Å²) in [5, 5.41) is 0. The number of phosphoric acid groups is 1. The Morgan fingerprint density at radius 3 is 1.05 bits per heavy atom. The summed E-state index contributed by atoms with van der Waals surface area (Å²) in [6.07, 6.45) is 87.2. The summed E-state index contributed by atoms with van der Waals surface area (Å²) in [7, 11) is 1.16. The molecule has 472 valence electrons. The molecule has 2 unspecified atom stereocenters. The molecule has 2 atom stereocenters. The molecule has 0 aromatic rings. The first-order valence-corrected chi connectivity index (χ1v) is 35.1. The van der Waals surface area contributed by atoms with E-state index in [4.69, 9.17) is 18.5 Å². The summed E-state index contributed by atoms with van der Waals surface area (Å²) < 4.78 is 34.3. The summed E-state index contributed by atoms with van der Waals surface area (Å²) >= 11 is 0. The monoisotopic (exact) mass is 1160 g/mol. The van der Waals surface area contributed by atoms with E-state index in [1.54, 1.807) is 0 Å². The predicted molar refractivity (Wildman–Crippen MR) is 351 cm³/mol. The Labute approximate surface area is 506 Å². The maximum Gasteiger partial charge on any atom is 0.306 e. The van der Waals surface area contributed by atoms with Crippen LogP contribution in [0.5, 0.6) is 0 Å². The van der Waals surface area contributed by atoms with Crippen LogP contribution in [0.15, 0.2) is 109 Å². The number of hydrogen-bond acceptors (Lipinski definition) is 8. The molecule has 0 aromatic heterocycles. The van der Waals surface area contributed by atoms with E-state index in [1.807, 2.05) is 21.1 Å². The van der Waals surface area contributed by atoms with Crippen LogP contribution in [-0.2, 0) is 32.7 Å². The molecule has 0 saturated carbocycles. The van der Waals surface area contributed by atoms with Crippen LogP contribution in [0.25, 0.3) is 0 Å². The van der Waals surface area contributed by atoms with Crippen LogP contribution < -0.4 is 4.89 Å². The summed E-state index contributed by atoms with van der Waals surface area (Å²) in [5.74, 6) is -0.837. The molecule has 0 saturated heterocycles. The number of carbonyl (C=O) groups excluding carboxylic acids is 2. The van der Waals surface area contributed by atoms with E-state index in [9.17, 15) is 19.0 Å². The fraction of sp³-hybridized carbons (Fsp3) is 0.722. The predicted octanol–water partition coefficient (Wildman–Crippen LogP) is 21.1. The minimum absolute atomic E-state index is 0.0357. The van der Waals surface area contributed by atoms with Gasteiger partial charge in [0.25, 0.3) is 7.82 Å². The molecular weight excluding hydrogens is 1040 g/mol. The van der Waals surface area contributed by atoms with Crippen LogP contribution in [0.4, 0.5) is 0 Å². The third-order valence-corrected chi connectivity index (χ3v) is 15.2. The van der Waals surface area contributed by atoms with Crippen LogP contribution in [-0.4, -0.2) is 70.0 Å². The second-order valence-electron chi connectivity index (χ2n) is 23.5. The molecule has 0 fully saturated rings. The van der Waals surface area contributed by atoms with Crippen molar-refractivity contribution in [1.82, 2.24) is 0 Å². The summed E-state index contributed by atoms with van der Waals surface area (Å²) in [6.45, 7) is 4.14. The second kappa shape index (κ2) is 62.2. The van der Waals surface area contributed by atoms with Crippen molar-refractivity contribution in [2.45, 2.75) is 290 Å². The Bertz CT molecular complexity index is 1750. The van der Waals surface area contributed by atoms with Crippen molar-refractivity contribution in [3.63, 3.8) is 0 Å².